The van der Waals surface area contributed by atoms with E-state index in [4.69, 9.17) is 20.4 Å². The molecule has 0 saturated carbocycles. The topological polar surface area (TPSA) is 110 Å². The second kappa shape index (κ2) is 6.72. The van der Waals surface area contributed by atoms with Crippen LogP contribution in [-0.2, 0) is 4.74 Å². The summed E-state index contributed by atoms with van der Waals surface area (Å²) in [6, 6.07) is 3.29. The Balaban J connectivity index is 1.89. The second-order valence-electron chi connectivity index (χ2n) is 6.33. The average Bonchev–Trinajstić information content (AvgIpc) is 2.94. The molecule has 0 unspecified atom stereocenters. The molecule has 1 aromatic rings. The first-order valence-corrected chi connectivity index (χ1v) is 7.37. The molecule has 8 heteroatoms. The first-order valence-electron chi connectivity index (χ1n) is 7.37. The highest BCUT2D eigenvalue weighted by Crippen LogP contribution is 2.19. The fourth-order valence-corrected chi connectivity index (χ4v) is 2.15. The van der Waals surface area contributed by atoms with Crippen molar-refractivity contribution in [3.63, 3.8) is 0 Å². The van der Waals surface area contributed by atoms with Gasteiger partial charge in [-0.05, 0) is 26.8 Å². The third-order valence-electron chi connectivity index (χ3n) is 3.22. The quantitative estimate of drug-likeness (QED) is 0.378. The Morgan fingerprint density at radius 1 is 1.48 bits per heavy atom. The van der Waals surface area contributed by atoms with Crippen LogP contribution >= 0.6 is 0 Å². The Morgan fingerprint density at radius 3 is 2.78 bits per heavy atom. The molecule has 23 heavy (non-hydrogen) atoms. The van der Waals surface area contributed by atoms with Crippen LogP contribution in [0.3, 0.4) is 0 Å². The number of amidine groups is 1. The number of aromatic nitrogens is 1. The number of likely N-dealkylation sites (tertiary alicyclic amines) is 1. The molecule has 0 aliphatic carbocycles. The molecule has 0 radical (unpaired) electrons. The van der Waals surface area contributed by atoms with Crippen LogP contribution in [0.25, 0.3) is 0 Å². The molecule has 1 aliphatic rings. The predicted octanol–water partition coefficient (Wildman–Crippen LogP) is 1.56. The van der Waals surface area contributed by atoms with Gasteiger partial charge in [0.25, 0.3) is 0 Å². The lowest BCUT2D eigenvalue weighted by atomic mass is 10.2. The summed E-state index contributed by atoms with van der Waals surface area (Å²) < 4.78 is 11.1. The highest BCUT2D eigenvalue weighted by atomic mass is 16.6. The van der Waals surface area contributed by atoms with Crippen molar-refractivity contribution >= 4 is 11.9 Å². The van der Waals surface area contributed by atoms with Crippen LogP contribution in [0.15, 0.2) is 23.5 Å². The summed E-state index contributed by atoms with van der Waals surface area (Å²) in [7, 11) is 0. The molecule has 0 spiro atoms. The summed E-state index contributed by atoms with van der Waals surface area (Å²) in [6.07, 6.45) is 1.71. The van der Waals surface area contributed by atoms with Crippen LogP contribution in [0, 0.1) is 0 Å². The monoisotopic (exact) mass is 322 g/mol. The number of nitrogens with zero attached hydrogens (tertiary/aromatic N) is 3. The van der Waals surface area contributed by atoms with Gasteiger partial charge >= 0.3 is 6.09 Å². The SMILES string of the molecule is CC(C)(C)OC(=O)N1CC[C@H](Oc2ccc(C(N)=NO)cn2)C1. The van der Waals surface area contributed by atoms with E-state index in [1.165, 1.54) is 6.20 Å². The summed E-state index contributed by atoms with van der Waals surface area (Å²) in [6.45, 7) is 6.55. The van der Waals surface area contributed by atoms with Crippen molar-refractivity contribution in [3.8, 4) is 5.88 Å². The van der Waals surface area contributed by atoms with Crippen LogP contribution in [0.4, 0.5) is 4.79 Å². The number of rotatable bonds is 3. The number of pyridine rings is 1. The number of amides is 1. The third kappa shape index (κ3) is 4.73. The van der Waals surface area contributed by atoms with Crippen LogP contribution in [0.5, 0.6) is 5.88 Å². The van der Waals surface area contributed by atoms with Crippen molar-refractivity contribution in [2.24, 2.45) is 10.9 Å². The van der Waals surface area contributed by atoms with Crippen molar-refractivity contribution in [2.75, 3.05) is 13.1 Å². The lowest BCUT2D eigenvalue weighted by Gasteiger charge is -2.24. The summed E-state index contributed by atoms with van der Waals surface area (Å²) in [5.74, 6) is 0.413. The van der Waals surface area contributed by atoms with Gasteiger partial charge in [-0.25, -0.2) is 9.78 Å². The fourth-order valence-electron chi connectivity index (χ4n) is 2.15. The van der Waals surface area contributed by atoms with Crippen LogP contribution < -0.4 is 10.5 Å². The number of hydrogen-bond acceptors (Lipinski definition) is 6. The van der Waals surface area contributed by atoms with E-state index < -0.39 is 5.60 Å². The first-order chi connectivity index (χ1) is 10.8. The van der Waals surface area contributed by atoms with E-state index in [2.05, 4.69) is 10.1 Å². The molecular formula is C15H22N4O4. The van der Waals surface area contributed by atoms with Crippen molar-refractivity contribution in [1.82, 2.24) is 9.88 Å². The zero-order valence-electron chi connectivity index (χ0n) is 13.5. The summed E-state index contributed by atoms with van der Waals surface area (Å²) in [5, 5.41) is 11.5. The number of nitrogens with two attached hydrogens (primary N) is 1. The normalized spacial score (nSPS) is 18.8. The van der Waals surface area contributed by atoms with Crippen LogP contribution in [0.2, 0.25) is 0 Å². The Bertz CT molecular complexity index is 580. The molecule has 1 saturated heterocycles. The molecule has 126 valence electrons. The molecule has 1 amide bonds. The Morgan fingerprint density at radius 2 is 2.22 bits per heavy atom. The van der Waals surface area contributed by atoms with Gasteiger partial charge in [0, 0.05) is 30.8 Å². The van der Waals surface area contributed by atoms with Gasteiger partial charge in [0.2, 0.25) is 5.88 Å². The van der Waals surface area contributed by atoms with E-state index in [9.17, 15) is 4.79 Å². The van der Waals surface area contributed by atoms with Gasteiger partial charge in [-0.2, -0.15) is 0 Å². The Hall–Kier alpha value is -2.51. The van der Waals surface area contributed by atoms with E-state index in [1.54, 1.807) is 17.0 Å². The lowest BCUT2D eigenvalue weighted by molar-refractivity contribution is 0.0275. The zero-order valence-corrected chi connectivity index (χ0v) is 13.5. The lowest BCUT2D eigenvalue weighted by Crippen LogP contribution is -2.36. The summed E-state index contributed by atoms with van der Waals surface area (Å²) >= 11 is 0. The van der Waals surface area contributed by atoms with Gasteiger partial charge in [-0.3, -0.25) is 0 Å². The Labute approximate surface area is 134 Å². The van der Waals surface area contributed by atoms with E-state index in [0.29, 0.717) is 31.0 Å². The van der Waals surface area contributed by atoms with Crippen molar-refractivity contribution in [1.29, 1.82) is 0 Å². The maximum Gasteiger partial charge on any atom is 0.410 e. The molecule has 1 aromatic heterocycles. The molecule has 0 bridgehead atoms. The minimum Gasteiger partial charge on any atom is -0.472 e. The van der Waals surface area contributed by atoms with Gasteiger partial charge in [0.1, 0.15) is 11.7 Å². The molecular weight excluding hydrogens is 300 g/mol. The molecule has 0 aromatic carbocycles. The molecule has 1 fully saturated rings. The average molecular weight is 322 g/mol. The first kappa shape index (κ1) is 16.9. The van der Waals surface area contributed by atoms with Gasteiger partial charge in [0.05, 0.1) is 6.54 Å². The zero-order chi connectivity index (χ0) is 17.0. The second-order valence-corrected chi connectivity index (χ2v) is 6.33. The van der Waals surface area contributed by atoms with E-state index in [0.717, 1.165) is 0 Å². The number of carbonyl (C=O) groups excluding carboxylic acids is 1. The van der Waals surface area contributed by atoms with Crippen molar-refractivity contribution in [2.45, 2.75) is 38.9 Å². The molecule has 2 rings (SSSR count). The van der Waals surface area contributed by atoms with Crippen LogP contribution in [-0.4, -0.2) is 51.8 Å². The summed E-state index contributed by atoms with van der Waals surface area (Å²) in [4.78, 5) is 17.7. The number of oxime groups is 1. The highest BCUT2D eigenvalue weighted by molar-refractivity contribution is 5.96. The van der Waals surface area contributed by atoms with Gasteiger partial charge in [-0.1, -0.05) is 5.16 Å². The van der Waals surface area contributed by atoms with E-state index in [-0.39, 0.29) is 18.0 Å². The fraction of sp³-hybridized carbons (Fsp3) is 0.533. The third-order valence-corrected chi connectivity index (χ3v) is 3.22. The molecule has 3 N–H and O–H groups in total. The standard InChI is InChI=1S/C15H22N4O4/c1-15(2,3)23-14(20)19-7-6-11(9-19)22-12-5-4-10(8-17-12)13(16)18-21/h4-5,8,11,21H,6-7,9H2,1-3H3,(H2,16,18)/t11-/m0/s1. The maximum atomic E-state index is 12.0. The van der Waals surface area contributed by atoms with Crippen LogP contribution in [0.1, 0.15) is 32.8 Å². The smallest absolute Gasteiger partial charge is 0.410 e. The number of carbonyl (C=O) groups is 1. The minimum absolute atomic E-state index is 0.0129. The molecule has 1 atom stereocenters. The Kier molecular flexibility index (Phi) is 4.92. The van der Waals surface area contributed by atoms with Crippen molar-refractivity contribution in [3.05, 3.63) is 23.9 Å². The molecule has 1 aliphatic heterocycles. The van der Waals surface area contributed by atoms with Gasteiger partial charge in [-0.15, -0.1) is 0 Å². The largest absolute Gasteiger partial charge is 0.472 e. The minimum atomic E-state index is -0.512. The maximum absolute atomic E-state index is 12.0. The van der Waals surface area contributed by atoms with Gasteiger partial charge < -0.3 is 25.3 Å². The number of ether oxygens (including phenoxy) is 2. The predicted molar refractivity (Wildman–Crippen MR) is 83.6 cm³/mol. The number of hydrogen-bond donors (Lipinski definition) is 2. The summed E-state index contributed by atoms with van der Waals surface area (Å²) in [5.41, 5.74) is 5.46. The van der Waals surface area contributed by atoms with Crippen molar-refractivity contribution < 1.29 is 19.5 Å². The van der Waals surface area contributed by atoms with E-state index in [1.807, 2.05) is 20.8 Å². The molecule has 2 heterocycles. The molecule has 8 nitrogen and oxygen atoms in total. The van der Waals surface area contributed by atoms with Gasteiger partial charge in [0.15, 0.2) is 5.84 Å². The van der Waals surface area contributed by atoms with E-state index >= 15 is 0 Å². The highest BCUT2D eigenvalue weighted by Gasteiger charge is 2.31.